The van der Waals surface area contributed by atoms with Crippen molar-refractivity contribution in [3.63, 3.8) is 0 Å². The number of nitrogens with zero attached hydrogens (tertiary/aromatic N) is 1. The molecule has 0 saturated carbocycles. The molecule has 1 heterocycles. The summed E-state index contributed by atoms with van der Waals surface area (Å²) in [5.41, 5.74) is 1.34. The molecule has 134 valence electrons. The fourth-order valence-corrected chi connectivity index (χ4v) is 2.44. The Balaban J connectivity index is 0.000000351. The van der Waals surface area contributed by atoms with Gasteiger partial charge in [-0.05, 0) is 37.4 Å². The number of halogens is 3. The summed E-state index contributed by atoms with van der Waals surface area (Å²) < 4.78 is 31.7. The average molecular weight is 347 g/mol. The molecule has 24 heavy (non-hydrogen) atoms. The minimum Gasteiger partial charge on any atom is -0.481 e. The molecule has 2 N–H and O–H groups in total. The van der Waals surface area contributed by atoms with E-state index < -0.39 is 18.1 Å². The van der Waals surface area contributed by atoms with Gasteiger partial charge < -0.3 is 10.2 Å². The summed E-state index contributed by atoms with van der Waals surface area (Å²) in [7, 11) is 0. The van der Waals surface area contributed by atoms with E-state index in [4.69, 9.17) is 15.0 Å². The highest BCUT2D eigenvalue weighted by atomic mass is 19.4. The monoisotopic (exact) mass is 347 g/mol. The molecule has 0 spiro atoms. The minimum absolute atomic E-state index is 0.333. The van der Waals surface area contributed by atoms with Crippen molar-refractivity contribution in [3.8, 4) is 0 Å². The van der Waals surface area contributed by atoms with Gasteiger partial charge in [0.1, 0.15) is 0 Å². The predicted octanol–water partition coefficient (Wildman–Crippen LogP) is 3.01. The fraction of sp³-hybridized carbons (Fsp3) is 0.500. The first-order valence-corrected chi connectivity index (χ1v) is 7.46. The molecule has 1 aliphatic rings. The Morgan fingerprint density at radius 3 is 2.00 bits per heavy atom. The Labute approximate surface area is 137 Å². The Morgan fingerprint density at radius 2 is 1.58 bits per heavy atom. The minimum atomic E-state index is -5.08. The maximum Gasteiger partial charge on any atom is 0.490 e. The maximum atomic E-state index is 10.6. The molecule has 8 heteroatoms. The largest absolute Gasteiger partial charge is 0.490 e. The van der Waals surface area contributed by atoms with Crippen LogP contribution in [0.5, 0.6) is 0 Å². The van der Waals surface area contributed by atoms with E-state index in [1.54, 1.807) is 0 Å². The second kappa shape index (κ2) is 9.27. The van der Waals surface area contributed by atoms with Gasteiger partial charge in [0, 0.05) is 13.0 Å². The molecule has 5 nitrogen and oxygen atoms in total. The van der Waals surface area contributed by atoms with Crippen LogP contribution in [0.25, 0.3) is 0 Å². The van der Waals surface area contributed by atoms with Gasteiger partial charge in [-0.3, -0.25) is 9.69 Å². The van der Waals surface area contributed by atoms with Crippen LogP contribution >= 0.6 is 0 Å². The average Bonchev–Trinajstić information content (AvgIpc) is 2.49. The Hall–Kier alpha value is -2.09. The van der Waals surface area contributed by atoms with E-state index in [0.29, 0.717) is 12.3 Å². The third-order valence-electron chi connectivity index (χ3n) is 3.66. The fourth-order valence-electron chi connectivity index (χ4n) is 2.44. The third-order valence-corrected chi connectivity index (χ3v) is 3.66. The molecule has 1 aliphatic heterocycles. The number of rotatable bonds is 4. The predicted molar refractivity (Wildman–Crippen MR) is 80.4 cm³/mol. The number of carbonyl (C=O) groups is 2. The number of carboxylic acids is 2. The number of alkyl halides is 3. The van der Waals surface area contributed by atoms with Gasteiger partial charge in [0.15, 0.2) is 0 Å². The van der Waals surface area contributed by atoms with Crippen LogP contribution in [0, 0.1) is 5.92 Å². The van der Waals surface area contributed by atoms with Gasteiger partial charge in [-0.1, -0.05) is 30.3 Å². The lowest BCUT2D eigenvalue weighted by atomic mass is 9.93. The first kappa shape index (κ1) is 20.0. The van der Waals surface area contributed by atoms with Crippen molar-refractivity contribution >= 4 is 11.9 Å². The molecule has 1 aromatic rings. The Morgan fingerprint density at radius 1 is 1.08 bits per heavy atom. The van der Waals surface area contributed by atoms with Gasteiger partial charge in [-0.15, -0.1) is 0 Å². The molecular weight excluding hydrogens is 327 g/mol. The molecule has 0 bridgehead atoms. The van der Waals surface area contributed by atoms with Crippen molar-refractivity contribution in [2.75, 3.05) is 13.1 Å². The zero-order valence-electron chi connectivity index (χ0n) is 13.0. The van der Waals surface area contributed by atoms with Gasteiger partial charge in [0.2, 0.25) is 0 Å². The molecular formula is C16H20F3NO4. The Bertz CT molecular complexity index is 526. The van der Waals surface area contributed by atoms with E-state index in [2.05, 4.69) is 29.2 Å². The lowest BCUT2D eigenvalue weighted by Crippen LogP contribution is -2.33. The van der Waals surface area contributed by atoms with Crippen molar-refractivity contribution in [2.24, 2.45) is 5.92 Å². The van der Waals surface area contributed by atoms with Gasteiger partial charge in [0.05, 0.1) is 0 Å². The first-order valence-electron chi connectivity index (χ1n) is 7.46. The maximum absolute atomic E-state index is 10.6. The standard InChI is InChI=1S/C14H19NO2.C2HF3O2/c16-14(17)10-12-6-8-15(9-7-12)11-13-4-2-1-3-5-13;3-2(4,5)1(6)7/h1-5,12H,6-11H2,(H,16,17);(H,6,7). The molecule has 0 aromatic heterocycles. The molecule has 1 aromatic carbocycles. The van der Waals surface area contributed by atoms with Crippen molar-refractivity contribution < 1.29 is 33.0 Å². The van der Waals surface area contributed by atoms with Gasteiger partial charge in [0.25, 0.3) is 0 Å². The molecule has 0 radical (unpaired) electrons. The molecule has 0 atom stereocenters. The number of aliphatic carboxylic acids is 2. The second-order valence-corrected chi connectivity index (χ2v) is 5.61. The molecule has 1 fully saturated rings. The molecule has 0 unspecified atom stereocenters. The summed E-state index contributed by atoms with van der Waals surface area (Å²) in [6.45, 7) is 3.03. The van der Waals surface area contributed by atoms with Crippen LogP contribution in [0.15, 0.2) is 30.3 Å². The number of piperidine rings is 1. The van der Waals surface area contributed by atoms with Crippen molar-refractivity contribution in [2.45, 2.75) is 32.0 Å². The van der Waals surface area contributed by atoms with E-state index in [-0.39, 0.29) is 0 Å². The quantitative estimate of drug-likeness (QED) is 0.875. The van der Waals surface area contributed by atoms with E-state index >= 15 is 0 Å². The number of hydrogen-bond donors (Lipinski definition) is 2. The lowest BCUT2D eigenvalue weighted by molar-refractivity contribution is -0.192. The molecule has 0 aliphatic carbocycles. The van der Waals surface area contributed by atoms with Crippen LogP contribution in [0.3, 0.4) is 0 Å². The Kier molecular flexibility index (Phi) is 7.70. The van der Waals surface area contributed by atoms with Crippen LogP contribution in [-0.2, 0) is 16.1 Å². The SMILES string of the molecule is O=C(O)C(F)(F)F.O=C(O)CC1CCN(Cc2ccccc2)CC1. The lowest BCUT2D eigenvalue weighted by Gasteiger charge is -2.31. The second-order valence-electron chi connectivity index (χ2n) is 5.61. The first-order chi connectivity index (χ1) is 11.2. The summed E-state index contributed by atoms with van der Waals surface area (Å²) in [5.74, 6) is -3.04. The van der Waals surface area contributed by atoms with Crippen LogP contribution < -0.4 is 0 Å². The normalized spacial score (nSPS) is 16.1. The summed E-state index contributed by atoms with van der Waals surface area (Å²) >= 11 is 0. The van der Waals surface area contributed by atoms with Gasteiger partial charge in [-0.2, -0.15) is 13.2 Å². The zero-order chi connectivity index (χ0) is 18.2. The number of likely N-dealkylation sites (tertiary alicyclic amines) is 1. The van der Waals surface area contributed by atoms with Crippen molar-refractivity contribution in [1.29, 1.82) is 0 Å². The summed E-state index contributed by atoms with van der Waals surface area (Å²) in [5, 5.41) is 15.9. The van der Waals surface area contributed by atoms with Crippen LogP contribution in [-0.4, -0.2) is 46.3 Å². The summed E-state index contributed by atoms with van der Waals surface area (Å²) in [6.07, 6.45) is -2.72. The summed E-state index contributed by atoms with van der Waals surface area (Å²) in [6, 6.07) is 10.4. The summed E-state index contributed by atoms with van der Waals surface area (Å²) in [4.78, 5) is 21.9. The molecule has 0 amide bonds. The number of hydrogen-bond acceptors (Lipinski definition) is 3. The zero-order valence-corrected chi connectivity index (χ0v) is 13.0. The molecule has 1 saturated heterocycles. The number of carboxylic acid groups (broad SMARTS) is 2. The highest BCUT2D eigenvalue weighted by Gasteiger charge is 2.38. The van der Waals surface area contributed by atoms with Crippen LogP contribution in [0.4, 0.5) is 13.2 Å². The number of benzene rings is 1. The van der Waals surface area contributed by atoms with Crippen molar-refractivity contribution in [1.82, 2.24) is 4.90 Å². The van der Waals surface area contributed by atoms with Crippen LogP contribution in [0.1, 0.15) is 24.8 Å². The van der Waals surface area contributed by atoms with Gasteiger partial charge >= 0.3 is 18.1 Å². The van der Waals surface area contributed by atoms with E-state index in [9.17, 15) is 18.0 Å². The highest BCUT2D eigenvalue weighted by molar-refractivity contribution is 5.73. The third kappa shape index (κ3) is 7.96. The van der Waals surface area contributed by atoms with E-state index in [1.165, 1.54) is 5.56 Å². The van der Waals surface area contributed by atoms with Gasteiger partial charge in [-0.25, -0.2) is 4.79 Å². The highest BCUT2D eigenvalue weighted by Crippen LogP contribution is 2.21. The van der Waals surface area contributed by atoms with E-state index in [0.717, 1.165) is 32.5 Å². The van der Waals surface area contributed by atoms with Crippen LogP contribution in [0.2, 0.25) is 0 Å². The van der Waals surface area contributed by atoms with Crippen molar-refractivity contribution in [3.05, 3.63) is 35.9 Å². The van der Waals surface area contributed by atoms with E-state index in [1.807, 2.05) is 6.07 Å². The smallest absolute Gasteiger partial charge is 0.481 e. The molecule has 2 rings (SSSR count). The topological polar surface area (TPSA) is 77.8 Å².